The maximum atomic E-state index is 12.3. The first-order valence-corrected chi connectivity index (χ1v) is 7.49. The molecule has 1 aliphatic carbocycles. The van der Waals surface area contributed by atoms with Gasteiger partial charge in [-0.15, -0.1) is 11.8 Å². The Balaban J connectivity index is 2.35. The van der Waals surface area contributed by atoms with Crippen LogP contribution in [0.4, 0.5) is 4.79 Å². The lowest BCUT2D eigenvalue weighted by Gasteiger charge is -2.20. The summed E-state index contributed by atoms with van der Waals surface area (Å²) < 4.78 is 88.9. The second-order valence-electron chi connectivity index (χ2n) is 4.33. The molecule has 5 heteroatoms. The fourth-order valence-corrected chi connectivity index (χ4v) is 2.53. The average Bonchev–Trinajstić information content (AvgIpc) is 2.70. The molecule has 120 valence electrons. The third-order valence-electron chi connectivity index (χ3n) is 2.72. The smallest absolute Gasteiger partial charge is 0.404 e. The number of carboxylic acid groups (broad SMARTS) is 1. The van der Waals surface area contributed by atoms with Crippen molar-refractivity contribution in [2.75, 3.05) is 12.3 Å². The molecule has 0 aliphatic heterocycles. The second kappa shape index (κ2) is 8.83. The maximum Gasteiger partial charge on any atom is 0.404 e. The third kappa shape index (κ3) is 5.72. The summed E-state index contributed by atoms with van der Waals surface area (Å²) in [5.74, 6) is -4.23. The van der Waals surface area contributed by atoms with Crippen molar-refractivity contribution in [2.24, 2.45) is 5.89 Å². The van der Waals surface area contributed by atoms with E-state index in [4.69, 9.17) is 20.2 Å². The molecule has 1 aromatic rings. The number of benzene rings is 1. The molecular formula is C17H23NO3S. The monoisotopic (exact) mass is 332 g/mol. The lowest BCUT2D eigenvalue weighted by atomic mass is 9.91. The van der Waals surface area contributed by atoms with E-state index < -0.39 is 55.4 Å². The Kier molecular flexibility index (Phi) is 2.97. The Morgan fingerprint density at radius 3 is 2.86 bits per heavy atom. The van der Waals surface area contributed by atoms with Gasteiger partial charge in [0.1, 0.15) is 0 Å². The van der Waals surface area contributed by atoms with Crippen molar-refractivity contribution < 1.29 is 29.8 Å². The number of carbonyl (C=O) groups excluding carboxylic acids is 1. The number of rotatable bonds is 7. The van der Waals surface area contributed by atoms with Crippen molar-refractivity contribution in [3.05, 3.63) is 29.8 Å². The minimum Gasteiger partial charge on any atom is -0.465 e. The summed E-state index contributed by atoms with van der Waals surface area (Å²) >= 11 is 0.707. The van der Waals surface area contributed by atoms with Gasteiger partial charge in [0, 0.05) is 44.3 Å². The van der Waals surface area contributed by atoms with Gasteiger partial charge < -0.3 is 10.4 Å². The lowest BCUT2D eigenvalue weighted by molar-refractivity contribution is 0.0982. The van der Waals surface area contributed by atoms with E-state index in [2.05, 4.69) is 5.32 Å². The van der Waals surface area contributed by atoms with Gasteiger partial charge in [-0.1, -0.05) is 31.3 Å². The molecular weight excluding hydrogens is 298 g/mol. The number of nitrogens with one attached hydrogen (secondary N) is 1. The standard InChI is InChI=1S/C17H23NO3S/c19-16(9-10-18-17(20)21)14-7-4-8-15(11-14)22-12-13-5-2-1-3-6-13/h4,7-8,11,13,18H,1-3,5-6,9-10,12H2,(H,20,21)/i1D2,2D2,3D2,5D2,6D2,13D. The minimum absolute atomic E-state index is 0.117. The molecule has 0 unspecified atom stereocenters. The molecule has 0 aromatic heterocycles. The zero-order valence-electron chi connectivity index (χ0n) is 22.6. The Morgan fingerprint density at radius 2 is 2.14 bits per heavy atom. The van der Waals surface area contributed by atoms with Crippen molar-refractivity contribution in [1.82, 2.24) is 5.32 Å². The SMILES string of the molecule is [2H]C1([2H])C([2H])([2H])C([2H])([2H])C([2H])(CSc2cccc(C(=O)CCNC(=O)O)c2)C([2H])([2H])C1([2H])[2H]. The lowest BCUT2D eigenvalue weighted by Crippen LogP contribution is -2.23. The van der Waals surface area contributed by atoms with Crippen molar-refractivity contribution in [3.63, 3.8) is 0 Å². The molecule has 1 aromatic carbocycles. The topological polar surface area (TPSA) is 66.4 Å². The van der Waals surface area contributed by atoms with E-state index >= 15 is 0 Å². The molecule has 0 bridgehead atoms. The van der Waals surface area contributed by atoms with Crippen LogP contribution >= 0.6 is 11.8 Å². The molecule has 0 heterocycles. The number of hydrogen-bond donors (Lipinski definition) is 2. The van der Waals surface area contributed by atoms with Gasteiger partial charge >= 0.3 is 6.09 Å². The highest BCUT2D eigenvalue weighted by molar-refractivity contribution is 7.99. The van der Waals surface area contributed by atoms with Gasteiger partial charge in [-0.2, -0.15) is 0 Å². The Morgan fingerprint density at radius 1 is 1.36 bits per heavy atom. The molecule has 0 spiro atoms. The molecule has 0 saturated heterocycles. The summed E-state index contributed by atoms with van der Waals surface area (Å²) in [4.78, 5) is 23.0. The molecule has 1 amide bonds. The Bertz CT molecular complexity index is 909. The molecule has 0 atom stereocenters. The summed E-state index contributed by atoms with van der Waals surface area (Å²) in [6, 6.07) is 5.77. The van der Waals surface area contributed by atoms with Crippen molar-refractivity contribution in [1.29, 1.82) is 0 Å². The van der Waals surface area contributed by atoms with Crippen LogP contribution in [0.3, 0.4) is 0 Å². The van der Waals surface area contributed by atoms with Crippen LogP contribution in [-0.2, 0) is 0 Å². The number of ketones is 1. The number of hydrogen-bond acceptors (Lipinski definition) is 3. The fraction of sp³-hybridized carbons (Fsp3) is 0.529. The predicted octanol–water partition coefficient (Wildman–Crippen LogP) is 4.20. The molecule has 1 saturated carbocycles. The predicted molar refractivity (Wildman–Crippen MR) is 88.7 cm³/mol. The van der Waals surface area contributed by atoms with Gasteiger partial charge in [0.2, 0.25) is 0 Å². The first kappa shape index (κ1) is 7.39. The summed E-state index contributed by atoms with van der Waals surface area (Å²) in [6.07, 6.45) is -18.9. The zero-order valence-corrected chi connectivity index (χ0v) is 12.4. The molecule has 2 rings (SSSR count). The molecule has 22 heavy (non-hydrogen) atoms. The van der Waals surface area contributed by atoms with E-state index in [9.17, 15) is 9.59 Å². The fourth-order valence-electron chi connectivity index (χ4n) is 1.69. The van der Waals surface area contributed by atoms with Crippen LogP contribution in [0.2, 0.25) is 0 Å². The minimum atomic E-state index is -3.57. The highest BCUT2D eigenvalue weighted by atomic mass is 32.2. The summed E-state index contributed by atoms with van der Waals surface area (Å²) in [7, 11) is 0. The number of carbonyl (C=O) groups is 2. The highest BCUT2D eigenvalue weighted by Gasteiger charge is 2.14. The summed E-state index contributed by atoms with van der Waals surface area (Å²) in [6.45, 7) is -0.117. The number of Topliss-reactive ketones (excluding diaryl/α,β-unsaturated/α-hetero) is 1. The first-order chi connectivity index (χ1) is 14.8. The van der Waals surface area contributed by atoms with Crippen molar-refractivity contribution in [2.45, 2.75) is 43.2 Å². The molecule has 2 N–H and O–H groups in total. The van der Waals surface area contributed by atoms with Gasteiger partial charge in [-0.3, -0.25) is 4.79 Å². The first-order valence-electron chi connectivity index (χ1n) is 12.0. The number of amides is 1. The molecule has 1 aliphatic rings. The van der Waals surface area contributed by atoms with E-state index in [0.29, 0.717) is 16.7 Å². The second-order valence-corrected chi connectivity index (χ2v) is 5.37. The summed E-state index contributed by atoms with van der Waals surface area (Å²) in [5.41, 5.74) is 0.183. The van der Waals surface area contributed by atoms with Crippen molar-refractivity contribution in [3.8, 4) is 0 Å². The van der Waals surface area contributed by atoms with Crippen LogP contribution in [0.1, 0.15) is 63.7 Å². The van der Waals surface area contributed by atoms with Gasteiger partial charge in [0.05, 0.1) is 0 Å². The van der Waals surface area contributed by atoms with Crippen LogP contribution in [0, 0.1) is 5.89 Å². The quantitative estimate of drug-likeness (QED) is 0.580. The maximum absolute atomic E-state index is 12.3. The van der Waals surface area contributed by atoms with Crippen LogP contribution in [0.5, 0.6) is 0 Å². The van der Waals surface area contributed by atoms with E-state index in [-0.39, 0.29) is 18.5 Å². The van der Waals surface area contributed by atoms with Crippen molar-refractivity contribution >= 4 is 23.6 Å². The average molecular weight is 333 g/mol. The number of thioether (sulfide) groups is 1. The van der Waals surface area contributed by atoms with E-state index in [1.807, 2.05) is 0 Å². The Labute approximate surface area is 151 Å². The molecule has 4 nitrogen and oxygen atoms in total. The van der Waals surface area contributed by atoms with Gasteiger partial charge in [0.25, 0.3) is 0 Å². The normalized spacial score (nSPS) is 35.7. The molecule has 0 radical (unpaired) electrons. The van der Waals surface area contributed by atoms with Crippen LogP contribution < -0.4 is 5.32 Å². The highest BCUT2D eigenvalue weighted by Crippen LogP contribution is 2.30. The third-order valence-corrected chi connectivity index (χ3v) is 3.74. The Hall–Kier alpha value is -1.49. The van der Waals surface area contributed by atoms with Crippen LogP contribution in [-0.4, -0.2) is 29.3 Å². The van der Waals surface area contributed by atoms with E-state index in [0.717, 1.165) is 0 Å². The van der Waals surface area contributed by atoms with Crippen LogP contribution in [0.15, 0.2) is 29.2 Å². The largest absolute Gasteiger partial charge is 0.465 e. The van der Waals surface area contributed by atoms with Gasteiger partial charge in [0.15, 0.2) is 5.78 Å². The van der Waals surface area contributed by atoms with E-state index in [1.54, 1.807) is 0 Å². The summed E-state index contributed by atoms with van der Waals surface area (Å²) in [5, 5.41) is 10.6. The zero-order chi connectivity index (χ0) is 25.7. The van der Waals surface area contributed by atoms with Crippen LogP contribution in [0.25, 0.3) is 0 Å². The van der Waals surface area contributed by atoms with Gasteiger partial charge in [-0.25, -0.2) is 4.79 Å². The van der Waals surface area contributed by atoms with Gasteiger partial charge in [-0.05, 0) is 30.8 Å². The molecule has 1 fully saturated rings. The van der Waals surface area contributed by atoms with E-state index in [1.165, 1.54) is 24.3 Å².